The molecule has 0 saturated heterocycles. The zero-order valence-electron chi connectivity index (χ0n) is 26.2. The number of unbranched alkanes of at least 4 members (excludes halogenated alkanes) is 18. The zero-order valence-corrected chi connectivity index (χ0v) is 29.8. The summed E-state index contributed by atoms with van der Waals surface area (Å²) < 4.78 is 0. The Balaban J connectivity index is -0.000000227. The molecule has 0 spiro atoms. The van der Waals surface area contributed by atoms with Crippen LogP contribution in [0.3, 0.4) is 0 Å². The van der Waals surface area contributed by atoms with Gasteiger partial charge in [-0.15, -0.1) is 37.9 Å². The molecule has 0 saturated carbocycles. The maximum Gasteiger partial charge on any atom is 0.324 e. The third-order valence-corrected chi connectivity index (χ3v) is 6.97. The van der Waals surface area contributed by atoms with Gasteiger partial charge in [0.25, 0.3) is 0 Å². The highest BCUT2D eigenvalue weighted by Crippen LogP contribution is 2.13. The maximum absolute atomic E-state index is 8.86. The van der Waals surface area contributed by atoms with Crippen molar-refractivity contribution in [2.24, 2.45) is 0 Å². The number of hydrogen-bond acceptors (Lipinski definition) is 9. The molecular formula is C30H69O6PS3. The highest BCUT2D eigenvalue weighted by atomic mass is 32.1. The molecule has 6 N–H and O–H groups in total. The van der Waals surface area contributed by atoms with Crippen LogP contribution in [0.2, 0.25) is 0 Å². The molecule has 0 aromatic carbocycles. The maximum atomic E-state index is 8.86. The van der Waals surface area contributed by atoms with Crippen LogP contribution in [0.5, 0.6) is 0 Å². The van der Waals surface area contributed by atoms with Crippen molar-refractivity contribution >= 4 is 46.5 Å². The van der Waals surface area contributed by atoms with E-state index in [2.05, 4.69) is 58.7 Å². The summed E-state index contributed by atoms with van der Waals surface area (Å²) in [7, 11) is -2.62. The van der Waals surface area contributed by atoms with E-state index in [0.29, 0.717) is 0 Å². The Labute approximate surface area is 266 Å². The average molecular weight is 653 g/mol. The molecule has 0 radical (unpaired) electrons. The summed E-state index contributed by atoms with van der Waals surface area (Å²) in [5, 5.41) is 26.6. The second-order valence-electron chi connectivity index (χ2n) is 10.4. The van der Waals surface area contributed by atoms with Crippen LogP contribution in [0.15, 0.2) is 0 Å². The van der Waals surface area contributed by atoms with Gasteiger partial charge in [-0.2, -0.15) is 0 Å². The first kappa shape index (κ1) is 48.2. The third kappa shape index (κ3) is 72.0. The van der Waals surface area contributed by atoms with E-state index < -0.39 is 24.9 Å². The number of hydrogen-bond donors (Lipinski definition) is 9. The number of rotatable bonds is 24. The second kappa shape index (κ2) is 44.7. The van der Waals surface area contributed by atoms with Crippen LogP contribution in [0.4, 0.5) is 0 Å². The molecule has 3 atom stereocenters. The lowest BCUT2D eigenvalue weighted by Crippen LogP contribution is -1.94. The SMILES string of the molecule is CCCCCCCCCC(O)S.CCCCCCCCCC(O)S.CCCCCCCCCC(O)S.OP(O)O. The molecule has 0 aliphatic carbocycles. The average Bonchev–Trinajstić information content (AvgIpc) is 2.87. The first-order valence-electron chi connectivity index (χ1n) is 16.0. The summed E-state index contributed by atoms with van der Waals surface area (Å²) in [6, 6.07) is 0. The smallest absolute Gasteiger partial charge is 0.324 e. The molecular weight excluding hydrogens is 583 g/mol. The van der Waals surface area contributed by atoms with Gasteiger partial charge in [0.05, 0.1) is 16.3 Å². The van der Waals surface area contributed by atoms with E-state index in [1.54, 1.807) is 0 Å². The number of thiol groups is 3. The summed E-state index contributed by atoms with van der Waals surface area (Å²) in [6.45, 7) is 6.70. The highest BCUT2D eigenvalue weighted by Gasteiger charge is 1.97. The van der Waals surface area contributed by atoms with Gasteiger partial charge in [-0.05, 0) is 19.3 Å². The molecule has 0 bridgehead atoms. The van der Waals surface area contributed by atoms with Gasteiger partial charge in [0.2, 0.25) is 0 Å². The van der Waals surface area contributed by atoms with Gasteiger partial charge in [-0.25, -0.2) is 0 Å². The molecule has 0 heterocycles. The van der Waals surface area contributed by atoms with E-state index in [4.69, 9.17) is 30.0 Å². The zero-order chi connectivity index (χ0) is 31.3. The second-order valence-corrected chi connectivity index (χ2v) is 12.8. The molecule has 0 fully saturated rings. The van der Waals surface area contributed by atoms with Gasteiger partial charge in [0.1, 0.15) is 0 Å². The van der Waals surface area contributed by atoms with Crippen molar-refractivity contribution in [3.8, 4) is 0 Å². The molecule has 0 rings (SSSR count). The largest absolute Gasteiger partial charge is 0.383 e. The van der Waals surface area contributed by atoms with E-state index >= 15 is 0 Å². The van der Waals surface area contributed by atoms with Crippen LogP contribution < -0.4 is 0 Å². The van der Waals surface area contributed by atoms with Crippen LogP contribution in [-0.2, 0) is 0 Å². The van der Waals surface area contributed by atoms with Crippen LogP contribution in [0.1, 0.15) is 175 Å². The fourth-order valence-electron chi connectivity index (χ4n) is 3.85. The van der Waals surface area contributed by atoms with Crippen molar-refractivity contribution in [1.82, 2.24) is 0 Å². The standard InChI is InChI=1S/3C10H22OS.H3O3P/c3*1-2-3-4-5-6-7-8-9-10(11)12;1-4(2)3/h3*10-12H,2-9H2,1H3;1-3H. The van der Waals surface area contributed by atoms with Gasteiger partial charge in [-0.3, -0.25) is 0 Å². The molecule has 40 heavy (non-hydrogen) atoms. The van der Waals surface area contributed by atoms with Crippen molar-refractivity contribution in [2.75, 3.05) is 0 Å². The molecule has 3 unspecified atom stereocenters. The van der Waals surface area contributed by atoms with Crippen molar-refractivity contribution in [3.63, 3.8) is 0 Å². The molecule has 6 nitrogen and oxygen atoms in total. The highest BCUT2D eigenvalue weighted by molar-refractivity contribution is 7.81. The lowest BCUT2D eigenvalue weighted by Gasteiger charge is -2.02. The minimum Gasteiger partial charge on any atom is -0.383 e. The summed E-state index contributed by atoms with van der Waals surface area (Å²) in [5.41, 5.74) is -1.21. The Bertz CT molecular complexity index is 355. The van der Waals surface area contributed by atoms with E-state index in [1.807, 2.05) is 0 Å². The quantitative estimate of drug-likeness (QED) is 0.0222. The van der Waals surface area contributed by atoms with Crippen LogP contribution in [0, 0.1) is 0 Å². The molecule has 10 heteroatoms. The van der Waals surface area contributed by atoms with Crippen molar-refractivity contribution in [3.05, 3.63) is 0 Å². The minimum atomic E-state index is -2.62. The fraction of sp³-hybridized carbons (Fsp3) is 1.00. The normalized spacial score (nSPS) is 12.8. The van der Waals surface area contributed by atoms with Gasteiger partial charge < -0.3 is 30.0 Å². The Morgan fingerprint density at radius 1 is 0.375 bits per heavy atom. The van der Waals surface area contributed by atoms with E-state index in [0.717, 1.165) is 38.5 Å². The molecule has 0 aromatic rings. The minimum absolute atomic E-state index is 0.402. The van der Waals surface area contributed by atoms with Gasteiger partial charge in [0, 0.05) is 0 Å². The van der Waals surface area contributed by atoms with Gasteiger partial charge in [-0.1, -0.05) is 156 Å². The number of aliphatic hydroxyl groups is 3. The van der Waals surface area contributed by atoms with Crippen molar-refractivity contribution in [2.45, 2.75) is 191 Å². The monoisotopic (exact) mass is 652 g/mol. The van der Waals surface area contributed by atoms with Crippen LogP contribution in [-0.4, -0.2) is 46.3 Å². The topological polar surface area (TPSA) is 121 Å². The summed E-state index contributed by atoms with van der Waals surface area (Å²) >= 11 is 11.7. The van der Waals surface area contributed by atoms with Crippen LogP contribution in [0.25, 0.3) is 0 Å². The van der Waals surface area contributed by atoms with Crippen molar-refractivity contribution < 1.29 is 30.0 Å². The van der Waals surface area contributed by atoms with Gasteiger partial charge >= 0.3 is 8.60 Å². The summed E-state index contributed by atoms with van der Waals surface area (Å²) in [6.07, 6.45) is 29.9. The Kier molecular flexibility index (Phi) is 53.8. The van der Waals surface area contributed by atoms with Crippen molar-refractivity contribution in [1.29, 1.82) is 0 Å². The van der Waals surface area contributed by atoms with Crippen LogP contribution >= 0.6 is 46.5 Å². The van der Waals surface area contributed by atoms with Gasteiger partial charge in [0.15, 0.2) is 0 Å². The Hall–Kier alpha value is 1.24. The first-order valence-corrected chi connectivity index (χ1v) is 18.7. The lowest BCUT2D eigenvalue weighted by molar-refractivity contribution is 0.249. The summed E-state index contributed by atoms with van der Waals surface area (Å²) in [4.78, 5) is 21.7. The molecule has 0 aliphatic heterocycles. The predicted molar refractivity (Wildman–Crippen MR) is 186 cm³/mol. The molecule has 0 aliphatic rings. The summed E-state index contributed by atoms with van der Waals surface area (Å²) in [5.74, 6) is 0. The molecule has 248 valence electrons. The fourth-order valence-corrected chi connectivity index (χ4v) is 4.40. The first-order chi connectivity index (χ1) is 19.0. The number of aliphatic hydroxyl groups excluding tert-OH is 3. The predicted octanol–water partition coefficient (Wildman–Crippen LogP) is 9.32. The lowest BCUT2D eigenvalue weighted by atomic mass is 10.1. The molecule has 0 aromatic heterocycles. The van der Waals surface area contributed by atoms with E-state index in [1.165, 1.54) is 116 Å². The van der Waals surface area contributed by atoms with E-state index in [-0.39, 0.29) is 0 Å². The Morgan fingerprint density at radius 3 is 0.675 bits per heavy atom. The molecule has 0 amide bonds. The Morgan fingerprint density at radius 2 is 0.525 bits per heavy atom. The van der Waals surface area contributed by atoms with E-state index in [9.17, 15) is 0 Å². The third-order valence-electron chi connectivity index (χ3n) is 6.20.